The summed E-state index contributed by atoms with van der Waals surface area (Å²) in [6.07, 6.45) is 1.59. The fraction of sp³-hybridized carbons (Fsp3) is 0.0667. The van der Waals surface area contributed by atoms with Gasteiger partial charge in [0.05, 0.1) is 29.3 Å². The molecule has 2 aromatic carbocycles. The van der Waals surface area contributed by atoms with Gasteiger partial charge in [0, 0.05) is 11.1 Å². The van der Waals surface area contributed by atoms with Crippen molar-refractivity contribution in [2.75, 3.05) is 11.8 Å². The molecule has 8 nitrogen and oxygen atoms in total. The number of nitrogens with two attached hydrogens (primary N) is 1. The Kier molecular flexibility index (Phi) is 3.86. The minimum absolute atomic E-state index is 0.00865. The highest BCUT2D eigenvalue weighted by atomic mass is 32.2. The molecule has 0 unspecified atom stereocenters. The van der Waals surface area contributed by atoms with E-state index in [9.17, 15) is 13.2 Å². The van der Waals surface area contributed by atoms with Gasteiger partial charge >= 0.3 is 0 Å². The SMILES string of the molecule is COc1ccc(S(=O)(=O)Nc2ccc3[nH]ncc3c2)cc1C(N)=O. The Morgan fingerprint density at radius 2 is 2.04 bits per heavy atom. The van der Waals surface area contributed by atoms with Crippen molar-refractivity contribution in [3.05, 3.63) is 48.2 Å². The molecule has 0 aliphatic carbocycles. The molecule has 0 aliphatic rings. The molecule has 3 rings (SSSR count). The molecular weight excluding hydrogens is 332 g/mol. The van der Waals surface area contributed by atoms with E-state index in [0.29, 0.717) is 5.69 Å². The molecule has 0 atom stereocenters. The lowest BCUT2D eigenvalue weighted by Crippen LogP contribution is -2.16. The van der Waals surface area contributed by atoms with E-state index in [4.69, 9.17) is 10.5 Å². The second kappa shape index (κ2) is 5.85. The number of amides is 1. The maximum atomic E-state index is 12.5. The van der Waals surface area contributed by atoms with Crippen LogP contribution >= 0.6 is 0 Å². The van der Waals surface area contributed by atoms with Crippen LogP contribution in [0.2, 0.25) is 0 Å². The largest absolute Gasteiger partial charge is 0.496 e. The number of rotatable bonds is 5. The monoisotopic (exact) mass is 346 g/mol. The van der Waals surface area contributed by atoms with Crippen LogP contribution in [0.3, 0.4) is 0 Å². The smallest absolute Gasteiger partial charge is 0.261 e. The van der Waals surface area contributed by atoms with Crippen molar-refractivity contribution in [3.8, 4) is 5.75 Å². The lowest BCUT2D eigenvalue weighted by Gasteiger charge is -2.11. The molecule has 0 saturated carbocycles. The zero-order valence-electron chi connectivity index (χ0n) is 12.6. The number of hydrogen-bond donors (Lipinski definition) is 3. The van der Waals surface area contributed by atoms with Crippen LogP contribution in [-0.2, 0) is 10.0 Å². The predicted molar refractivity (Wildman–Crippen MR) is 88.4 cm³/mol. The molecule has 0 saturated heterocycles. The summed E-state index contributed by atoms with van der Waals surface area (Å²) < 4.78 is 32.5. The van der Waals surface area contributed by atoms with Crippen molar-refractivity contribution < 1.29 is 17.9 Å². The number of hydrogen-bond acceptors (Lipinski definition) is 5. The molecular formula is C15H14N4O4S. The summed E-state index contributed by atoms with van der Waals surface area (Å²) >= 11 is 0. The Balaban J connectivity index is 1.97. The summed E-state index contributed by atoms with van der Waals surface area (Å²) in [4.78, 5) is 11.4. The second-order valence-electron chi connectivity index (χ2n) is 5.00. The fourth-order valence-corrected chi connectivity index (χ4v) is 3.34. The van der Waals surface area contributed by atoms with Gasteiger partial charge in [-0.3, -0.25) is 14.6 Å². The predicted octanol–water partition coefficient (Wildman–Crippen LogP) is 1.47. The van der Waals surface area contributed by atoms with Gasteiger partial charge in [0.15, 0.2) is 0 Å². The van der Waals surface area contributed by atoms with Gasteiger partial charge in [0.25, 0.3) is 15.9 Å². The van der Waals surface area contributed by atoms with Crippen LogP contribution in [0.1, 0.15) is 10.4 Å². The third-order valence-electron chi connectivity index (χ3n) is 3.44. The summed E-state index contributed by atoms with van der Waals surface area (Å²) in [6.45, 7) is 0. The van der Waals surface area contributed by atoms with E-state index in [2.05, 4.69) is 14.9 Å². The lowest BCUT2D eigenvalue weighted by molar-refractivity contribution is 0.0997. The fourth-order valence-electron chi connectivity index (χ4n) is 2.27. The van der Waals surface area contributed by atoms with Crippen LogP contribution in [0.4, 0.5) is 5.69 Å². The van der Waals surface area contributed by atoms with Crippen molar-refractivity contribution in [1.29, 1.82) is 0 Å². The number of H-pyrrole nitrogens is 1. The van der Waals surface area contributed by atoms with Gasteiger partial charge < -0.3 is 10.5 Å². The van der Waals surface area contributed by atoms with Gasteiger partial charge in [0.1, 0.15) is 5.75 Å². The first-order valence-corrected chi connectivity index (χ1v) is 8.33. The van der Waals surface area contributed by atoms with Crippen molar-refractivity contribution in [2.45, 2.75) is 4.90 Å². The first kappa shape index (κ1) is 15.8. The molecule has 24 heavy (non-hydrogen) atoms. The number of nitrogens with zero attached hydrogens (tertiary/aromatic N) is 1. The third-order valence-corrected chi connectivity index (χ3v) is 4.82. The van der Waals surface area contributed by atoms with E-state index in [1.165, 1.54) is 25.3 Å². The average Bonchev–Trinajstić information content (AvgIpc) is 3.01. The van der Waals surface area contributed by atoms with Crippen molar-refractivity contribution >= 4 is 32.5 Å². The minimum atomic E-state index is -3.89. The Bertz CT molecular complexity index is 1030. The standard InChI is InChI=1S/C15H14N4O4S/c1-23-14-5-3-11(7-12(14)15(16)20)24(21,22)19-10-2-4-13-9(6-10)8-17-18-13/h2-8,19H,1H3,(H2,16,20)(H,17,18). The van der Waals surface area contributed by atoms with Crippen LogP contribution in [0.15, 0.2) is 47.5 Å². The molecule has 3 aromatic rings. The summed E-state index contributed by atoms with van der Waals surface area (Å²) in [5, 5.41) is 7.43. The Labute approximate surface area is 137 Å². The van der Waals surface area contributed by atoms with E-state index in [0.717, 1.165) is 10.9 Å². The van der Waals surface area contributed by atoms with E-state index in [1.807, 2.05) is 0 Å². The van der Waals surface area contributed by atoms with Gasteiger partial charge in [-0.05, 0) is 36.4 Å². The first-order valence-electron chi connectivity index (χ1n) is 6.84. The van der Waals surface area contributed by atoms with Gasteiger partial charge in [-0.15, -0.1) is 0 Å². The molecule has 1 amide bonds. The van der Waals surface area contributed by atoms with Crippen molar-refractivity contribution in [2.24, 2.45) is 5.73 Å². The highest BCUT2D eigenvalue weighted by molar-refractivity contribution is 7.92. The number of aromatic amines is 1. The molecule has 9 heteroatoms. The zero-order chi connectivity index (χ0) is 17.3. The van der Waals surface area contributed by atoms with Gasteiger partial charge in [-0.1, -0.05) is 0 Å². The average molecular weight is 346 g/mol. The summed E-state index contributed by atoms with van der Waals surface area (Å²) in [5.41, 5.74) is 6.42. The van der Waals surface area contributed by atoms with Crippen LogP contribution < -0.4 is 15.2 Å². The number of ether oxygens (including phenoxy) is 1. The van der Waals surface area contributed by atoms with Crippen LogP contribution in [0.5, 0.6) is 5.75 Å². The Morgan fingerprint density at radius 3 is 2.75 bits per heavy atom. The number of primary amides is 1. The number of methoxy groups -OCH3 is 1. The number of carbonyl (C=O) groups excluding carboxylic acids is 1. The molecule has 1 heterocycles. The lowest BCUT2D eigenvalue weighted by atomic mass is 10.2. The highest BCUT2D eigenvalue weighted by Gasteiger charge is 2.19. The first-order chi connectivity index (χ1) is 11.4. The van der Waals surface area contributed by atoms with Crippen LogP contribution in [0.25, 0.3) is 10.9 Å². The summed E-state index contributed by atoms with van der Waals surface area (Å²) in [5.74, 6) is -0.565. The van der Waals surface area contributed by atoms with Crippen molar-refractivity contribution in [1.82, 2.24) is 10.2 Å². The normalized spacial score (nSPS) is 11.4. The molecule has 124 valence electrons. The number of carbonyl (C=O) groups is 1. The van der Waals surface area contributed by atoms with Crippen molar-refractivity contribution in [3.63, 3.8) is 0 Å². The maximum Gasteiger partial charge on any atom is 0.261 e. The van der Waals surface area contributed by atoms with E-state index in [-0.39, 0.29) is 16.2 Å². The highest BCUT2D eigenvalue weighted by Crippen LogP contribution is 2.24. The number of benzene rings is 2. The summed E-state index contributed by atoms with van der Waals surface area (Å²) in [7, 11) is -2.52. The van der Waals surface area contributed by atoms with E-state index < -0.39 is 15.9 Å². The van der Waals surface area contributed by atoms with Gasteiger partial charge in [0.2, 0.25) is 0 Å². The number of nitrogens with one attached hydrogen (secondary N) is 2. The summed E-state index contributed by atoms with van der Waals surface area (Å²) in [6, 6.07) is 8.87. The molecule has 0 bridgehead atoms. The number of sulfonamides is 1. The number of aromatic nitrogens is 2. The zero-order valence-corrected chi connectivity index (χ0v) is 13.4. The molecule has 0 aliphatic heterocycles. The number of anilines is 1. The molecule has 0 radical (unpaired) electrons. The quantitative estimate of drug-likeness (QED) is 0.644. The minimum Gasteiger partial charge on any atom is -0.496 e. The molecule has 0 spiro atoms. The van der Waals surface area contributed by atoms with E-state index >= 15 is 0 Å². The van der Waals surface area contributed by atoms with E-state index in [1.54, 1.807) is 24.4 Å². The Hall–Kier alpha value is -3.07. The molecule has 1 aromatic heterocycles. The van der Waals surface area contributed by atoms with Crippen LogP contribution in [-0.4, -0.2) is 31.6 Å². The molecule has 4 N–H and O–H groups in total. The van der Waals surface area contributed by atoms with Crippen LogP contribution in [0, 0.1) is 0 Å². The Morgan fingerprint density at radius 1 is 1.25 bits per heavy atom. The maximum absolute atomic E-state index is 12.5. The van der Waals surface area contributed by atoms with Gasteiger partial charge in [-0.2, -0.15) is 5.10 Å². The molecule has 0 fully saturated rings. The topological polar surface area (TPSA) is 127 Å². The third kappa shape index (κ3) is 2.88. The van der Waals surface area contributed by atoms with Gasteiger partial charge in [-0.25, -0.2) is 8.42 Å². The number of fused-ring (bicyclic) bond motifs is 1. The second-order valence-corrected chi connectivity index (χ2v) is 6.69.